The molecular formula is C17H16F6N2O3. The monoisotopic (exact) mass is 410 g/mol. The number of ether oxygens (including phenoxy) is 1. The molecule has 1 aromatic carbocycles. The molecule has 11 heteroatoms. The van der Waals surface area contributed by atoms with E-state index in [4.69, 9.17) is 5.26 Å². The first-order chi connectivity index (χ1) is 12.8. The maximum Gasteiger partial charge on any atom is 0.416 e. The summed E-state index contributed by atoms with van der Waals surface area (Å²) in [6.07, 6.45) is -11.0. The second-order valence-electron chi connectivity index (χ2n) is 6.00. The molecule has 0 radical (unpaired) electrons. The zero-order valence-electron chi connectivity index (χ0n) is 14.7. The number of rotatable bonds is 6. The lowest BCUT2D eigenvalue weighted by atomic mass is 9.98. The van der Waals surface area contributed by atoms with Crippen LogP contribution in [0.3, 0.4) is 0 Å². The van der Waals surface area contributed by atoms with E-state index in [1.165, 1.54) is 6.92 Å². The minimum Gasteiger partial charge on any atom is -0.467 e. The van der Waals surface area contributed by atoms with Gasteiger partial charge < -0.3 is 10.1 Å². The van der Waals surface area contributed by atoms with Crippen molar-refractivity contribution in [2.45, 2.75) is 38.2 Å². The molecule has 1 N–H and O–H groups in total. The van der Waals surface area contributed by atoms with Gasteiger partial charge in [0.15, 0.2) is 0 Å². The number of nitriles is 1. The number of esters is 1. The maximum atomic E-state index is 12.9. The molecule has 154 valence electrons. The van der Waals surface area contributed by atoms with Crippen molar-refractivity contribution < 1.29 is 40.7 Å². The van der Waals surface area contributed by atoms with Crippen LogP contribution in [0.15, 0.2) is 18.2 Å². The van der Waals surface area contributed by atoms with Gasteiger partial charge in [-0.2, -0.15) is 31.6 Å². The van der Waals surface area contributed by atoms with Crippen molar-refractivity contribution in [3.05, 3.63) is 34.9 Å². The Balaban J connectivity index is 3.13. The van der Waals surface area contributed by atoms with Crippen LogP contribution in [-0.4, -0.2) is 25.0 Å². The van der Waals surface area contributed by atoms with Crippen LogP contribution >= 0.6 is 0 Å². The molecule has 0 saturated heterocycles. The van der Waals surface area contributed by atoms with E-state index in [9.17, 15) is 35.9 Å². The lowest BCUT2D eigenvalue weighted by molar-refractivity contribution is -0.146. The first-order valence-electron chi connectivity index (χ1n) is 7.82. The number of nitrogens with zero attached hydrogens (tertiary/aromatic N) is 1. The zero-order valence-corrected chi connectivity index (χ0v) is 14.7. The highest BCUT2D eigenvalue weighted by molar-refractivity contribution is 5.85. The molecule has 0 bridgehead atoms. The summed E-state index contributed by atoms with van der Waals surface area (Å²) in [4.78, 5) is 23.9. The number of alkyl halides is 6. The fourth-order valence-electron chi connectivity index (χ4n) is 2.35. The molecule has 1 rings (SSSR count). The van der Waals surface area contributed by atoms with E-state index in [0.717, 1.165) is 7.11 Å². The number of halogens is 6. The van der Waals surface area contributed by atoms with Crippen LogP contribution in [0.25, 0.3) is 0 Å². The summed E-state index contributed by atoms with van der Waals surface area (Å²) in [5.41, 5.74) is -3.63. The topological polar surface area (TPSA) is 79.2 Å². The summed E-state index contributed by atoms with van der Waals surface area (Å²) in [7, 11) is 1.03. The third kappa shape index (κ3) is 6.44. The van der Waals surface area contributed by atoms with Crippen molar-refractivity contribution in [2.75, 3.05) is 7.11 Å². The molecular weight excluding hydrogens is 394 g/mol. The highest BCUT2D eigenvalue weighted by Gasteiger charge is 2.37. The van der Waals surface area contributed by atoms with Crippen molar-refractivity contribution in [1.29, 1.82) is 5.26 Å². The molecule has 1 aromatic rings. The third-order valence-electron chi connectivity index (χ3n) is 3.77. The van der Waals surface area contributed by atoms with Crippen LogP contribution in [-0.2, 0) is 33.1 Å². The van der Waals surface area contributed by atoms with E-state index in [-0.39, 0.29) is 12.5 Å². The Labute approximate surface area is 156 Å². The first kappa shape index (κ1) is 23.3. The third-order valence-corrected chi connectivity index (χ3v) is 3.77. The summed E-state index contributed by atoms with van der Waals surface area (Å²) in [5, 5.41) is 10.9. The normalized spacial score (nSPS) is 14.0. The number of carbonyl (C=O) groups is 2. The van der Waals surface area contributed by atoms with Gasteiger partial charge in [-0.3, -0.25) is 4.79 Å². The van der Waals surface area contributed by atoms with Crippen molar-refractivity contribution in [2.24, 2.45) is 5.92 Å². The molecule has 0 saturated carbocycles. The summed E-state index contributed by atoms with van der Waals surface area (Å²) >= 11 is 0. The molecule has 0 spiro atoms. The van der Waals surface area contributed by atoms with Gasteiger partial charge in [0.25, 0.3) is 0 Å². The lowest BCUT2D eigenvalue weighted by Crippen LogP contribution is -2.46. The van der Waals surface area contributed by atoms with Crippen LogP contribution < -0.4 is 5.32 Å². The lowest BCUT2D eigenvalue weighted by Gasteiger charge is -2.21. The molecule has 0 aliphatic carbocycles. The Morgan fingerprint density at radius 1 is 1.11 bits per heavy atom. The summed E-state index contributed by atoms with van der Waals surface area (Å²) in [6, 6.07) is 1.33. The number of nitrogens with one attached hydrogen (secondary N) is 1. The summed E-state index contributed by atoms with van der Waals surface area (Å²) < 4.78 is 81.7. The van der Waals surface area contributed by atoms with Crippen molar-refractivity contribution >= 4 is 11.9 Å². The number of carbonyl (C=O) groups excluding carboxylic acids is 2. The van der Waals surface area contributed by atoms with Gasteiger partial charge in [0, 0.05) is 12.3 Å². The summed E-state index contributed by atoms with van der Waals surface area (Å²) in [5.74, 6) is -2.57. The van der Waals surface area contributed by atoms with Crippen molar-refractivity contribution in [1.82, 2.24) is 5.32 Å². The molecule has 1 amide bonds. The minimum absolute atomic E-state index is 0.0480. The number of amides is 1. The van der Waals surface area contributed by atoms with Gasteiger partial charge in [-0.1, -0.05) is 6.92 Å². The van der Waals surface area contributed by atoms with Crippen LogP contribution in [0.1, 0.15) is 30.0 Å². The molecule has 2 atom stereocenters. The molecule has 0 unspecified atom stereocenters. The van der Waals surface area contributed by atoms with Gasteiger partial charge in [-0.05, 0) is 23.8 Å². The molecule has 0 aliphatic rings. The van der Waals surface area contributed by atoms with Gasteiger partial charge in [-0.15, -0.1) is 0 Å². The van der Waals surface area contributed by atoms with E-state index in [2.05, 4.69) is 10.1 Å². The largest absolute Gasteiger partial charge is 0.467 e. The quantitative estimate of drug-likeness (QED) is 0.575. The number of hydrogen-bond donors (Lipinski definition) is 1. The molecule has 0 aliphatic heterocycles. The minimum atomic E-state index is -5.04. The molecule has 0 fully saturated rings. The predicted octanol–water partition coefficient (Wildman–Crippen LogP) is 3.47. The second kappa shape index (κ2) is 8.95. The van der Waals surface area contributed by atoms with Crippen LogP contribution in [0.5, 0.6) is 0 Å². The van der Waals surface area contributed by atoms with Gasteiger partial charge in [0.2, 0.25) is 5.91 Å². The second-order valence-corrected chi connectivity index (χ2v) is 6.00. The number of methoxy groups -OCH3 is 1. The van der Waals surface area contributed by atoms with Crippen LogP contribution in [0, 0.1) is 17.2 Å². The maximum absolute atomic E-state index is 12.9. The fraction of sp³-hybridized carbons (Fsp3) is 0.471. The molecule has 0 heterocycles. The van der Waals surface area contributed by atoms with Crippen molar-refractivity contribution in [3.63, 3.8) is 0 Å². The van der Waals surface area contributed by atoms with E-state index in [0.29, 0.717) is 12.1 Å². The highest BCUT2D eigenvalue weighted by Crippen LogP contribution is 2.36. The summed E-state index contributed by atoms with van der Waals surface area (Å²) in [6.45, 7) is 1.46. The van der Waals surface area contributed by atoms with Gasteiger partial charge in [0.05, 0.1) is 30.7 Å². The zero-order chi connectivity index (χ0) is 21.7. The number of hydrogen-bond acceptors (Lipinski definition) is 4. The van der Waals surface area contributed by atoms with Gasteiger partial charge in [-0.25, -0.2) is 4.79 Å². The molecule has 0 aromatic heterocycles. The van der Waals surface area contributed by atoms with Crippen molar-refractivity contribution in [3.8, 4) is 6.07 Å². The SMILES string of the molecule is COC(=O)[C@H](NC(=O)Cc1cc(C(F)(F)F)cc(C(F)(F)F)c1)[C@H](C)CC#N. The first-order valence-corrected chi connectivity index (χ1v) is 7.82. The smallest absolute Gasteiger partial charge is 0.416 e. The van der Waals surface area contributed by atoms with E-state index < -0.39 is 59.3 Å². The number of benzene rings is 1. The molecule has 28 heavy (non-hydrogen) atoms. The highest BCUT2D eigenvalue weighted by atomic mass is 19.4. The van der Waals surface area contributed by atoms with E-state index in [1.807, 2.05) is 0 Å². The standard InChI is InChI=1S/C17H16F6N2O3/c1-9(3-4-24)14(15(27)28-2)25-13(26)7-10-5-11(16(18,19)20)8-12(6-10)17(21,22)23/h5-6,8-9,14H,3,7H2,1-2H3,(H,25,26)/t9-,14-/m1/s1. The average Bonchev–Trinajstić information content (AvgIpc) is 2.57. The Bertz CT molecular complexity index is 735. The van der Waals surface area contributed by atoms with E-state index in [1.54, 1.807) is 6.07 Å². The Morgan fingerprint density at radius 2 is 1.61 bits per heavy atom. The fourth-order valence-corrected chi connectivity index (χ4v) is 2.35. The Kier molecular flexibility index (Phi) is 7.43. The average molecular weight is 410 g/mol. The van der Waals surface area contributed by atoms with Crippen LogP contribution in [0.2, 0.25) is 0 Å². The van der Waals surface area contributed by atoms with Gasteiger partial charge in [0.1, 0.15) is 6.04 Å². The van der Waals surface area contributed by atoms with E-state index >= 15 is 0 Å². The van der Waals surface area contributed by atoms with Gasteiger partial charge >= 0.3 is 18.3 Å². The predicted molar refractivity (Wildman–Crippen MR) is 83.5 cm³/mol. The Morgan fingerprint density at radius 3 is 2.00 bits per heavy atom. The van der Waals surface area contributed by atoms with Crippen LogP contribution in [0.4, 0.5) is 26.3 Å². The Hall–Kier alpha value is -2.77. The molecule has 5 nitrogen and oxygen atoms in total.